The fourth-order valence-electron chi connectivity index (χ4n) is 3.75. The van der Waals surface area contributed by atoms with Crippen LogP contribution in [0.5, 0.6) is 0 Å². The average molecular weight is 383 g/mol. The van der Waals surface area contributed by atoms with Gasteiger partial charge in [-0.1, -0.05) is 37.6 Å². The Morgan fingerprint density at radius 3 is 2.54 bits per heavy atom. The van der Waals surface area contributed by atoms with Crippen molar-refractivity contribution >= 4 is 11.9 Å². The summed E-state index contributed by atoms with van der Waals surface area (Å²) >= 11 is 0. The summed E-state index contributed by atoms with van der Waals surface area (Å²) in [5.74, 6) is -0.181. The molecular weight excluding hydrogens is 358 g/mol. The van der Waals surface area contributed by atoms with Gasteiger partial charge in [0, 0.05) is 17.6 Å². The maximum atomic E-state index is 12.6. The monoisotopic (exact) mass is 383 g/mol. The molecule has 6 heteroatoms. The highest BCUT2D eigenvalue weighted by molar-refractivity contribution is 5.96. The minimum Gasteiger partial charge on any atom is -0.493 e. The first-order valence-corrected chi connectivity index (χ1v) is 9.14. The van der Waals surface area contributed by atoms with Crippen LogP contribution in [-0.2, 0) is 19.0 Å². The number of nitrogens with one attached hydrogen (secondary N) is 1. The van der Waals surface area contributed by atoms with Gasteiger partial charge in [0.25, 0.3) is 5.91 Å². The zero-order chi connectivity index (χ0) is 20.3. The van der Waals surface area contributed by atoms with E-state index in [1.54, 1.807) is 43.9 Å². The van der Waals surface area contributed by atoms with Crippen LogP contribution < -0.4 is 5.32 Å². The number of fused-ring (bicyclic) bond motifs is 1. The lowest BCUT2D eigenvalue weighted by Crippen LogP contribution is -2.42. The first-order valence-electron chi connectivity index (χ1n) is 9.14. The molecule has 0 saturated heterocycles. The molecule has 0 spiro atoms. The standard InChI is InChI=1S/C22H25NO5/c1-22(2)11-15-12-28-13-18(26-3)19(15)16(22)10-17(21(25)27-4)23-20(24)14-8-6-5-7-9-14/h5-9,12-13,17H,10-11H2,1-4H3,(H,23,24). The van der Waals surface area contributed by atoms with Gasteiger partial charge in [-0.05, 0) is 29.5 Å². The van der Waals surface area contributed by atoms with E-state index < -0.39 is 12.0 Å². The van der Waals surface area contributed by atoms with Crippen LogP contribution in [0.25, 0.3) is 0 Å². The number of ether oxygens (including phenoxy) is 3. The third-order valence-electron chi connectivity index (χ3n) is 5.16. The second kappa shape index (κ2) is 7.92. The van der Waals surface area contributed by atoms with Crippen LogP contribution in [0.2, 0.25) is 0 Å². The second-order valence-corrected chi connectivity index (χ2v) is 7.50. The smallest absolute Gasteiger partial charge is 0.328 e. The van der Waals surface area contributed by atoms with Gasteiger partial charge in [-0.3, -0.25) is 4.79 Å². The number of amides is 1. The van der Waals surface area contributed by atoms with Crippen LogP contribution in [0.15, 0.2) is 65.3 Å². The molecule has 0 saturated carbocycles. The normalized spacial score (nSPS) is 18.3. The third-order valence-corrected chi connectivity index (χ3v) is 5.16. The zero-order valence-corrected chi connectivity index (χ0v) is 16.6. The van der Waals surface area contributed by atoms with E-state index in [-0.39, 0.29) is 11.3 Å². The highest BCUT2D eigenvalue weighted by Gasteiger charge is 2.41. The minimum atomic E-state index is -0.806. The topological polar surface area (TPSA) is 73.9 Å². The molecule has 28 heavy (non-hydrogen) atoms. The lowest BCUT2D eigenvalue weighted by molar-refractivity contribution is -0.142. The Bertz CT molecular complexity index is 864. The number of methoxy groups -OCH3 is 2. The van der Waals surface area contributed by atoms with Crippen molar-refractivity contribution in [2.45, 2.75) is 32.7 Å². The lowest BCUT2D eigenvalue weighted by Gasteiger charge is -2.26. The van der Waals surface area contributed by atoms with Gasteiger partial charge in [0.15, 0.2) is 5.76 Å². The molecule has 1 aromatic rings. The van der Waals surface area contributed by atoms with Crippen molar-refractivity contribution in [3.8, 4) is 0 Å². The van der Waals surface area contributed by atoms with Crippen molar-refractivity contribution < 1.29 is 23.8 Å². The minimum absolute atomic E-state index is 0.212. The van der Waals surface area contributed by atoms with E-state index in [1.807, 2.05) is 6.07 Å². The number of carbonyl (C=O) groups is 2. The van der Waals surface area contributed by atoms with E-state index in [0.29, 0.717) is 17.7 Å². The number of esters is 1. The molecular formula is C22H25NO5. The summed E-state index contributed by atoms with van der Waals surface area (Å²) in [6.45, 7) is 4.21. The van der Waals surface area contributed by atoms with Crippen LogP contribution in [0.3, 0.4) is 0 Å². The molecule has 1 aromatic carbocycles. The third kappa shape index (κ3) is 3.81. The molecule has 148 valence electrons. The van der Waals surface area contributed by atoms with E-state index in [2.05, 4.69) is 19.2 Å². The predicted octanol–water partition coefficient (Wildman–Crippen LogP) is 3.48. The molecule has 1 amide bonds. The first-order chi connectivity index (χ1) is 13.4. The second-order valence-electron chi connectivity index (χ2n) is 7.50. The molecule has 1 atom stereocenters. The lowest BCUT2D eigenvalue weighted by atomic mass is 9.81. The van der Waals surface area contributed by atoms with Crippen molar-refractivity contribution in [1.82, 2.24) is 5.32 Å². The summed E-state index contributed by atoms with van der Waals surface area (Å²) in [6.07, 6.45) is 4.35. The highest BCUT2D eigenvalue weighted by Crippen LogP contribution is 2.51. The van der Waals surface area contributed by atoms with Gasteiger partial charge in [0.1, 0.15) is 12.3 Å². The number of rotatable bonds is 6. The summed E-state index contributed by atoms with van der Waals surface area (Å²) in [5, 5.41) is 2.82. The fraction of sp³-hybridized carbons (Fsp3) is 0.364. The Morgan fingerprint density at radius 2 is 1.89 bits per heavy atom. The van der Waals surface area contributed by atoms with Gasteiger partial charge in [-0.2, -0.15) is 0 Å². The van der Waals surface area contributed by atoms with Crippen LogP contribution >= 0.6 is 0 Å². The molecule has 0 radical (unpaired) electrons. The first kappa shape index (κ1) is 19.7. The van der Waals surface area contributed by atoms with Gasteiger partial charge in [-0.25, -0.2) is 4.79 Å². The zero-order valence-electron chi connectivity index (χ0n) is 16.6. The summed E-state index contributed by atoms with van der Waals surface area (Å²) in [6, 6.07) is 7.99. The average Bonchev–Trinajstić information content (AvgIpc) is 2.96. The number of hydrogen-bond donors (Lipinski definition) is 1. The summed E-state index contributed by atoms with van der Waals surface area (Å²) in [7, 11) is 2.91. The molecule has 0 aromatic heterocycles. The molecule has 1 aliphatic carbocycles. The molecule has 0 bridgehead atoms. The number of hydrogen-bond acceptors (Lipinski definition) is 5. The Labute approximate surface area is 164 Å². The number of carbonyl (C=O) groups excluding carboxylic acids is 2. The summed E-state index contributed by atoms with van der Waals surface area (Å²) < 4.78 is 15.8. The quantitative estimate of drug-likeness (QED) is 0.762. The SMILES string of the molecule is COC(=O)C(CC1=C2C(=COC=C2OC)CC1(C)C)NC(=O)c1ccccc1. The van der Waals surface area contributed by atoms with Gasteiger partial charge in [0.05, 0.1) is 20.5 Å². The molecule has 1 N–H and O–H groups in total. The van der Waals surface area contributed by atoms with Crippen molar-refractivity contribution in [2.75, 3.05) is 14.2 Å². The molecule has 1 heterocycles. The van der Waals surface area contributed by atoms with Crippen molar-refractivity contribution in [3.63, 3.8) is 0 Å². The van der Waals surface area contributed by atoms with E-state index >= 15 is 0 Å². The Kier molecular flexibility index (Phi) is 5.58. The number of benzene rings is 1. The maximum absolute atomic E-state index is 12.6. The Balaban J connectivity index is 1.92. The summed E-state index contributed by atoms with van der Waals surface area (Å²) in [4.78, 5) is 25.1. The van der Waals surface area contributed by atoms with Crippen LogP contribution in [0, 0.1) is 5.41 Å². The fourth-order valence-corrected chi connectivity index (χ4v) is 3.75. The summed E-state index contributed by atoms with van der Waals surface area (Å²) in [5.41, 5.74) is 3.28. The molecule has 2 aliphatic rings. The van der Waals surface area contributed by atoms with Crippen molar-refractivity contribution in [3.05, 3.63) is 70.9 Å². The van der Waals surface area contributed by atoms with Gasteiger partial charge in [-0.15, -0.1) is 0 Å². The van der Waals surface area contributed by atoms with E-state index in [9.17, 15) is 9.59 Å². The van der Waals surface area contributed by atoms with Crippen molar-refractivity contribution in [2.24, 2.45) is 5.41 Å². The Morgan fingerprint density at radius 1 is 1.18 bits per heavy atom. The van der Waals surface area contributed by atoms with Crippen LogP contribution in [0.1, 0.15) is 37.0 Å². The number of allylic oxidation sites excluding steroid dienone is 1. The van der Waals surface area contributed by atoms with Gasteiger partial charge >= 0.3 is 5.97 Å². The van der Waals surface area contributed by atoms with Gasteiger partial charge in [0.2, 0.25) is 0 Å². The Hall–Kier alpha value is -3.02. The molecule has 1 unspecified atom stereocenters. The molecule has 6 nitrogen and oxygen atoms in total. The molecule has 1 aliphatic heterocycles. The van der Waals surface area contributed by atoms with E-state index in [4.69, 9.17) is 14.2 Å². The highest BCUT2D eigenvalue weighted by atomic mass is 16.5. The van der Waals surface area contributed by atoms with E-state index in [0.717, 1.165) is 23.1 Å². The van der Waals surface area contributed by atoms with Gasteiger partial charge < -0.3 is 19.5 Å². The molecule has 0 fully saturated rings. The predicted molar refractivity (Wildman–Crippen MR) is 104 cm³/mol. The van der Waals surface area contributed by atoms with Crippen molar-refractivity contribution in [1.29, 1.82) is 0 Å². The van der Waals surface area contributed by atoms with E-state index in [1.165, 1.54) is 7.11 Å². The van der Waals surface area contributed by atoms with Crippen LogP contribution in [-0.4, -0.2) is 32.1 Å². The molecule has 3 rings (SSSR count). The largest absolute Gasteiger partial charge is 0.493 e. The maximum Gasteiger partial charge on any atom is 0.328 e. The van der Waals surface area contributed by atoms with Crippen LogP contribution in [0.4, 0.5) is 0 Å².